The van der Waals surface area contributed by atoms with Gasteiger partial charge >= 0.3 is 0 Å². The second-order valence-corrected chi connectivity index (χ2v) is 7.07. The molecule has 1 saturated heterocycles. The van der Waals surface area contributed by atoms with Crippen LogP contribution in [0.2, 0.25) is 0 Å². The number of benzene rings is 2. The number of hydrogen-bond acceptors (Lipinski definition) is 4. The second-order valence-electron chi connectivity index (χ2n) is 6.16. The van der Waals surface area contributed by atoms with Crippen molar-refractivity contribution in [1.29, 1.82) is 0 Å². The van der Waals surface area contributed by atoms with E-state index in [0.29, 0.717) is 12.2 Å². The number of piperazine rings is 1. The normalized spacial score (nSPS) is 16.7. The number of nitrogens with zero attached hydrogens (tertiary/aromatic N) is 2. The van der Waals surface area contributed by atoms with E-state index in [2.05, 4.69) is 25.7 Å². The first-order chi connectivity index (χ1) is 12.1. The van der Waals surface area contributed by atoms with Crippen LogP contribution in [0.3, 0.4) is 0 Å². The molecule has 0 aliphatic carbocycles. The molecule has 2 aromatic carbocycles. The van der Waals surface area contributed by atoms with E-state index in [0.717, 1.165) is 36.4 Å². The van der Waals surface area contributed by atoms with Crippen molar-refractivity contribution in [3.05, 3.63) is 58.8 Å². The lowest BCUT2D eigenvalue weighted by Gasteiger charge is -2.36. The van der Waals surface area contributed by atoms with Crippen LogP contribution in [0.1, 0.15) is 0 Å². The number of aliphatic hydroxyl groups is 1. The Bertz CT molecular complexity index is 675. The lowest BCUT2D eigenvalue weighted by Crippen LogP contribution is -2.49. The van der Waals surface area contributed by atoms with Gasteiger partial charge in [-0.25, -0.2) is 4.39 Å². The topological polar surface area (TPSA) is 35.9 Å². The largest absolute Gasteiger partial charge is 0.491 e. The molecule has 134 valence electrons. The quantitative estimate of drug-likeness (QED) is 0.796. The van der Waals surface area contributed by atoms with Crippen LogP contribution in [0, 0.1) is 5.82 Å². The number of β-amino-alcohol motifs (C(OH)–C–C–N with tert-alkyl or cyclic N) is 1. The summed E-state index contributed by atoms with van der Waals surface area (Å²) in [5.74, 6) is 0.561. The first-order valence-corrected chi connectivity index (χ1v) is 9.19. The molecule has 0 bridgehead atoms. The fourth-order valence-corrected chi connectivity index (χ4v) is 3.22. The number of halogens is 2. The van der Waals surface area contributed by atoms with E-state index in [1.165, 1.54) is 6.07 Å². The van der Waals surface area contributed by atoms with Gasteiger partial charge in [0.05, 0.1) is 5.69 Å². The third-order valence-corrected chi connectivity index (χ3v) is 4.82. The van der Waals surface area contributed by atoms with Crippen molar-refractivity contribution in [3.8, 4) is 5.75 Å². The molecule has 0 amide bonds. The molecule has 4 nitrogen and oxygen atoms in total. The maximum Gasteiger partial charge on any atom is 0.146 e. The monoisotopic (exact) mass is 408 g/mol. The molecule has 0 unspecified atom stereocenters. The van der Waals surface area contributed by atoms with Gasteiger partial charge in [-0.05, 0) is 36.4 Å². The summed E-state index contributed by atoms with van der Waals surface area (Å²) in [4.78, 5) is 4.24. The highest BCUT2D eigenvalue weighted by molar-refractivity contribution is 9.10. The van der Waals surface area contributed by atoms with E-state index in [-0.39, 0.29) is 12.4 Å². The standard InChI is InChI=1S/C19H22BrFN2O2/c20-15-5-7-17(8-6-15)25-14-16(24)13-22-9-11-23(12-10-22)19-4-2-1-3-18(19)21/h1-8,16,24H,9-14H2/t16-/m0/s1. The van der Waals surface area contributed by atoms with Crippen molar-refractivity contribution in [2.45, 2.75) is 6.10 Å². The molecule has 0 aromatic heterocycles. The summed E-state index contributed by atoms with van der Waals surface area (Å²) >= 11 is 3.38. The van der Waals surface area contributed by atoms with Crippen LogP contribution in [-0.4, -0.2) is 55.4 Å². The molecule has 1 fully saturated rings. The molecule has 6 heteroatoms. The van der Waals surface area contributed by atoms with E-state index in [4.69, 9.17) is 4.74 Å². The van der Waals surface area contributed by atoms with Gasteiger partial charge in [-0.1, -0.05) is 28.1 Å². The molecule has 1 aliphatic heterocycles. The number of para-hydroxylation sites is 1. The molecule has 1 aliphatic rings. The van der Waals surface area contributed by atoms with Crippen LogP contribution in [0.4, 0.5) is 10.1 Å². The zero-order chi connectivity index (χ0) is 17.6. The van der Waals surface area contributed by atoms with Crippen LogP contribution in [0.25, 0.3) is 0 Å². The first-order valence-electron chi connectivity index (χ1n) is 8.40. The third kappa shape index (κ3) is 5.17. The Kier molecular flexibility index (Phi) is 6.29. The zero-order valence-electron chi connectivity index (χ0n) is 13.9. The van der Waals surface area contributed by atoms with Gasteiger partial charge in [0, 0.05) is 37.2 Å². The van der Waals surface area contributed by atoms with E-state index < -0.39 is 6.10 Å². The number of anilines is 1. The molecule has 2 aromatic rings. The molecule has 0 radical (unpaired) electrons. The van der Waals surface area contributed by atoms with Crippen LogP contribution in [-0.2, 0) is 0 Å². The predicted molar refractivity (Wildman–Crippen MR) is 101 cm³/mol. The van der Waals surface area contributed by atoms with Crippen LogP contribution >= 0.6 is 15.9 Å². The molecule has 3 rings (SSSR count). The fraction of sp³-hybridized carbons (Fsp3) is 0.368. The third-order valence-electron chi connectivity index (χ3n) is 4.29. The summed E-state index contributed by atoms with van der Waals surface area (Å²) in [6, 6.07) is 14.4. The van der Waals surface area contributed by atoms with Gasteiger partial charge in [0.15, 0.2) is 0 Å². The molecule has 0 saturated carbocycles. The van der Waals surface area contributed by atoms with Crippen molar-refractivity contribution in [3.63, 3.8) is 0 Å². The fourth-order valence-electron chi connectivity index (χ4n) is 2.95. The molecule has 25 heavy (non-hydrogen) atoms. The summed E-state index contributed by atoms with van der Waals surface area (Å²) in [6.45, 7) is 3.91. The Morgan fingerprint density at radius 3 is 2.40 bits per heavy atom. The Balaban J connectivity index is 1.42. The van der Waals surface area contributed by atoms with Gasteiger partial charge in [0.1, 0.15) is 24.3 Å². The molecule has 1 atom stereocenters. The average molecular weight is 409 g/mol. The Morgan fingerprint density at radius 2 is 1.72 bits per heavy atom. The summed E-state index contributed by atoms with van der Waals surface area (Å²) in [7, 11) is 0. The number of hydrogen-bond donors (Lipinski definition) is 1. The van der Waals surface area contributed by atoms with Crippen molar-refractivity contribution >= 4 is 21.6 Å². The van der Waals surface area contributed by atoms with E-state index in [1.54, 1.807) is 6.07 Å². The highest BCUT2D eigenvalue weighted by atomic mass is 79.9. The van der Waals surface area contributed by atoms with Gasteiger partial charge in [-0.15, -0.1) is 0 Å². The summed E-state index contributed by atoms with van der Waals surface area (Å²) in [6.07, 6.45) is -0.552. The van der Waals surface area contributed by atoms with Gasteiger partial charge in [-0.3, -0.25) is 4.90 Å². The van der Waals surface area contributed by atoms with Gasteiger partial charge in [0.2, 0.25) is 0 Å². The Labute approximate surface area is 155 Å². The maximum atomic E-state index is 13.9. The van der Waals surface area contributed by atoms with Crippen LogP contribution < -0.4 is 9.64 Å². The summed E-state index contributed by atoms with van der Waals surface area (Å²) in [5, 5.41) is 10.2. The van der Waals surface area contributed by atoms with Gasteiger partial charge < -0.3 is 14.7 Å². The van der Waals surface area contributed by atoms with Crippen molar-refractivity contribution < 1.29 is 14.2 Å². The zero-order valence-corrected chi connectivity index (χ0v) is 15.5. The minimum atomic E-state index is -0.552. The SMILES string of the molecule is O[C@H](COc1ccc(Br)cc1)CN1CCN(c2ccccc2F)CC1. The highest BCUT2D eigenvalue weighted by Gasteiger charge is 2.21. The summed E-state index contributed by atoms with van der Waals surface area (Å²) in [5.41, 5.74) is 0.654. The molecule has 0 spiro atoms. The average Bonchev–Trinajstić information content (AvgIpc) is 2.62. The molecule has 1 heterocycles. The first kappa shape index (κ1) is 18.2. The molecule has 1 N–H and O–H groups in total. The Hall–Kier alpha value is -1.63. The minimum Gasteiger partial charge on any atom is -0.491 e. The van der Waals surface area contributed by atoms with Crippen molar-refractivity contribution in [1.82, 2.24) is 4.90 Å². The van der Waals surface area contributed by atoms with Crippen molar-refractivity contribution in [2.24, 2.45) is 0 Å². The predicted octanol–water partition coefficient (Wildman–Crippen LogP) is 3.15. The lowest BCUT2D eigenvalue weighted by atomic mass is 10.2. The van der Waals surface area contributed by atoms with Crippen LogP contribution in [0.5, 0.6) is 5.75 Å². The van der Waals surface area contributed by atoms with E-state index in [9.17, 15) is 9.50 Å². The van der Waals surface area contributed by atoms with Crippen molar-refractivity contribution in [2.75, 3.05) is 44.2 Å². The van der Waals surface area contributed by atoms with Gasteiger partial charge in [0.25, 0.3) is 0 Å². The number of aliphatic hydroxyl groups excluding tert-OH is 1. The highest BCUT2D eigenvalue weighted by Crippen LogP contribution is 2.20. The lowest BCUT2D eigenvalue weighted by molar-refractivity contribution is 0.0662. The number of ether oxygens (including phenoxy) is 1. The number of rotatable bonds is 6. The minimum absolute atomic E-state index is 0.182. The second kappa shape index (κ2) is 8.65. The smallest absolute Gasteiger partial charge is 0.146 e. The summed E-state index contributed by atoms with van der Waals surface area (Å²) < 4.78 is 20.5. The van der Waals surface area contributed by atoms with Gasteiger partial charge in [-0.2, -0.15) is 0 Å². The molecular formula is C19H22BrFN2O2. The van der Waals surface area contributed by atoms with Crippen LogP contribution in [0.15, 0.2) is 53.0 Å². The maximum absolute atomic E-state index is 13.9. The molecular weight excluding hydrogens is 387 g/mol. The Morgan fingerprint density at radius 1 is 1.04 bits per heavy atom. The van der Waals surface area contributed by atoms with E-state index >= 15 is 0 Å². The van der Waals surface area contributed by atoms with E-state index in [1.807, 2.05) is 36.4 Å².